The molecular weight excluding hydrogens is 266 g/mol. The van der Waals surface area contributed by atoms with E-state index in [9.17, 15) is 4.79 Å². The zero-order chi connectivity index (χ0) is 16.0. The van der Waals surface area contributed by atoms with E-state index < -0.39 is 0 Å². The van der Waals surface area contributed by atoms with Gasteiger partial charge in [-0.2, -0.15) is 0 Å². The number of nitrogen functional groups attached to an aromatic ring is 1. The van der Waals surface area contributed by atoms with Crippen molar-refractivity contribution in [2.24, 2.45) is 0 Å². The van der Waals surface area contributed by atoms with Gasteiger partial charge in [-0.3, -0.25) is 4.79 Å². The summed E-state index contributed by atoms with van der Waals surface area (Å²) in [6.45, 7) is 11.3. The van der Waals surface area contributed by atoms with E-state index in [0.29, 0.717) is 37.0 Å². The summed E-state index contributed by atoms with van der Waals surface area (Å²) in [4.78, 5) is 20.4. The molecule has 1 heterocycles. The largest absolute Gasteiger partial charge is 0.383 e. The van der Waals surface area contributed by atoms with Crippen molar-refractivity contribution in [2.45, 2.75) is 52.9 Å². The van der Waals surface area contributed by atoms with Gasteiger partial charge in [-0.25, -0.2) is 9.97 Å². The van der Waals surface area contributed by atoms with Crippen LogP contribution in [0.1, 0.15) is 51.9 Å². The molecule has 0 radical (unpaired) electrons. The highest BCUT2D eigenvalue weighted by Crippen LogP contribution is 2.24. The van der Waals surface area contributed by atoms with E-state index in [1.54, 1.807) is 0 Å². The Kier molecular flexibility index (Phi) is 5.93. The summed E-state index contributed by atoms with van der Waals surface area (Å²) in [5.74, 6) is 1.92. The van der Waals surface area contributed by atoms with Crippen LogP contribution >= 0.6 is 0 Å². The Morgan fingerprint density at radius 3 is 2.48 bits per heavy atom. The number of nitrogens with zero attached hydrogens (tertiary/aromatic N) is 2. The zero-order valence-corrected chi connectivity index (χ0v) is 13.7. The number of hydrogen-bond acceptors (Lipinski definition) is 5. The van der Waals surface area contributed by atoms with Crippen LogP contribution in [0.25, 0.3) is 0 Å². The second-order valence-corrected chi connectivity index (χ2v) is 6.18. The lowest BCUT2D eigenvalue weighted by Gasteiger charge is -2.19. The molecule has 0 saturated heterocycles. The fourth-order valence-electron chi connectivity index (χ4n) is 1.69. The summed E-state index contributed by atoms with van der Waals surface area (Å²) in [5, 5.41) is 6.03. The second-order valence-electron chi connectivity index (χ2n) is 6.18. The van der Waals surface area contributed by atoms with Crippen LogP contribution in [0.3, 0.4) is 0 Å². The second kappa shape index (κ2) is 7.24. The number of hydrogen-bond donors (Lipinski definition) is 3. The van der Waals surface area contributed by atoms with Gasteiger partial charge in [0.15, 0.2) is 0 Å². The van der Waals surface area contributed by atoms with E-state index in [-0.39, 0.29) is 11.3 Å². The molecule has 0 atom stereocenters. The van der Waals surface area contributed by atoms with E-state index in [4.69, 9.17) is 5.73 Å². The Morgan fingerprint density at radius 2 is 1.90 bits per heavy atom. The molecule has 0 saturated carbocycles. The summed E-state index contributed by atoms with van der Waals surface area (Å²) < 4.78 is 0. The molecule has 0 aliphatic rings. The highest BCUT2D eigenvalue weighted by atomic mass is 16.1. The number of aromatic nitrogens is 2. The van der Waals surface area contributed by atoms with E-state index in [0.717, 1.165) is 12.0 Å². The lowest BCUT2D eigenvalue weighted by atomic mass is 9.95. The molecule has 21 heavy (non-hydrogen) atoms. The molecule has 0 aliphatic heterocycles. The molecule has 6 nitrogen and oxygen atoms in total. The lowest BCUT2D eigenvalue weighted by molar-refractivity contribution is -0.120. The number of nitrogens with two attached hydrogens (primary N) is 1. The number of anilines is 2. The van der Waals surface area contributed by atoms with Crippen molar-refractivity contribution in [2.75, 3.05) is 24.1 Å². The fourth-order valence-corrected chi connectivity index (χ4v) is 1.69. The van der Waals surface area contributed by atoms with Gasteiger partial charge in [0.05, 0.1) is 0 Å². The van der Waals surface area contributed by atoms with Gasteiger partial charge in [0.1, 0.15) is 17.5 Å². The van der Waals surface area contributed by atoms with Crippen LogP contribution in [-0.2, 0) is 10.2 Å². The van der Waals surface area contributed by atoms with Gasteiger partial charge < -0.3 is 16.4 Å². The van der Waals surface area contributed by atoms with Crippen molar-refractivity contribution in [1.82, 2.24) is 15.3 Å². The Balaban J connectivity index is 2.70. The summed E-state index contributed by atoms with van der Waals surface area (Å²) in [7, 11) is 0. The summed E-state index contributed by atoms with van der Waals surface area (Å²) in [6, 6.07) is 0. The van der Waals surface area contributed by atoms with Crippen LogP contribution in [0.15, 0.2) is 0 Å². The highest BCUT2D eigenvalue weighted by molar-refractivity contribution is 5.76. The van der Waals surface area contributed by atoms with Crippen LogP contribution in [0.2, 0.25) is 0 Å². The molecule has 1 aromatic heterocycles. The Hall–Kier alpha value is -1.85. The monoisotopic (exact) mass is 293 g/mol. The molecule has 1 rings (SSSR count). The highest BCUT2D eigenvalue weighted by Gasteiger charge is 2.20. The molecule has 0 fully saturated rings. The van der Waals surface area contributed by atoms with Crippen molar-refractivity contribution < 1.29 is 4.79 Å². The normalized spacial score (nSPS) is 11.3. The van der Waals surface area contributed by atoms with Crippen LogP contribution in [0.5, 0.6) is 0 Å². The molecule has 0 aliphatic carbocycles. The molecule has 1 amide bonds. The van der Waals surface area contributed by atoms with Gasteiger partial charge in [0.25, 0.3) is 0 Å². The van der Waals surface area contributed by atoms with E-state index in [2.05, 4.69) is 20.6 Å². The molecule has 0 aromatic carbocycles. The maximum atomic E-state index is 11.6. The number of nitrogens with one attached hydrogen (secondary N) is 2. The first-order chi connectivity index (χ1) is 9.75. The van der Waals surface area contributed by atoms with Gasteiger partial charge in [0, 0.05) is 30.5 Å². The van der Waals surface area contributed by atoms with E-state index in [1.165, 1.54) is 0 Å². The standard InChI is InChI=1S/C15H27N5O/c1-6-8-17-11(21)7-9-18-13-10(2)12(16)19-14(20-13)15(3,4)5/h6-9H2,1-5H3,(H,17,21)(H3,16,18,19,20). The molecule has 6 heteroatoms. The van der Waals surface area contributed by atoms with Gasteiger partial charge in [-0.05, 0) is 13.3 Å². The fraction of sp³-hybridized carbons (Fsp3) is 0.667. The smallest absolute Gasteiger partial charge is 0.221 e. The summed E-state index contributed by atoms with van der Waals surface area (Å²) in [6.07, 6.45) is 1.35. The average Bonchev–Trinajstić information content (AvgIpc) is 2.39. The van der Waals surface area contributed by atoms with E-state index in [1.807, 2.05) is 34.6 Å². The molecule has 1 aromatic rings. The minimum absolute atomic E-state index is 0.0417. The average molecular weight is 293 g/mol. The van der Waals surface area contributed by atoms with Gasteiger partial charge in [0.2, 0.25) is 5.91 Å². The predicted molar refractivity (Wildman–Crippen MR) is 86.3 cm³/mol. The van der Waals surface area contributed by atoms with Gasteiger partial charge in [-0.15, -0.1) is 0 Å². The zero-order valence-electron chi connectivity index (χ0n) is 13.7. The Bertz CT molecular complexity index is 494. The SMILES string of the molecule is CCCNC(=O)CCNc1nc(C(C)(C)C)nc(N)c1C. The first kappa shape index (κ1) is 17.2. The van der Waals surface area contributed by atoms with Crippen LogP contribution < -0.4 is 16.4 Å². The first-order valence-electron chi connectivity index (χ1n) is 7.40. The minimum Gasteiger partial charge on any atom is -0.383 e. The Morgan fingerprint density at radius 1 is 1.24 bits per heavy atom. The van der Waals surface area contributed by atoms with Crippen molar-refractivity contribution in [3.63, 3.8) is 0 Å². The van der Waals surface area contributed by atoms with Crippen LogP contribution in [0.4, 0.5) is 11.6 Å². The third-order valence-corrected chi connectivity index (χ3v) is 3.07. The van der Waals surface area contributed by atoms with Crippen LogP contribution in [0, 0.1) is 6.92 Å². The molecule has 118 valence electrons. The van der Waals surface area contributed by atoms with Gasteiger partial charge in [-0.1, -0.05) is 27.7 Å². The number of rotatable bonds is 6. The molecule has 0 bridgehead atoms. The molecular formula is C15H27N5O. The maximum absolute atomic E-state index is 11.6. The van der Waals surface area contributed by atoms with Crippen molar-refractivity contribution in [3.05, 3.63) is 11.4 Å². The maximum Gasteiger partial charge on any atom is 0.221 e. The third-order valence-electron chi connectivity index (χ3n) is 3.07. The summed E-state index contributed by atoms with van der Waals surface area (Å²) in [5.41, 5.74) is 6.59. The molecule has 4 N–H and O–H groups in total. The van der Waals surface area contributed by atoms with Gasteiger partial charge >= 0.3 is 0 Å². The molecule has 0 unspecified atom stereocenters. The molecule has 0 spiro atoms. The topological polar surface area (TPSA) is 92.9 Å². The van der Waals surface area contributed by atoms with E-state index >= 15 is 0 Å². The van der Waals surface area contributed by atoms with Crippen molar-refractivity contribution in [1.29, 1.82) is 0 Å². The quantitative estimate of drug-likeness (QED) is 0.746. The number of carbonyl (C=O) groups excluding carboxylic acids is 1. The van der Waals surface area contributed by atoms with Crippen LogP contribution in [-0.4, -0.2) is 29.0 Å². The third kappa shape index (κ3) is 5.21. The summed E-state index contributed by atoms with van der Waals surface area (Å²) >= 11 is 0. The first-order valence-corrected chi connectivity index (χ1v) is 7.40. The number of carbonyl (C=O) groups is 1. The van der Waals surface area contributed by atoms with Crippen molar-refractivity contribution >= 4 is 17.5 Å². The van der Waals surface area contributed by atoms with Crippen molar-refractivity contribution in [3.8, 4) is 0 Å². The minimum atomic E-state index is -0.170. The lowest BCUT2D eigenvalue weighted by Crippen LogP contribution is -2.26. The predicted octanol–water partition coefficient (Wildman–Crippen LogP) is 1.99. The Labute approximate surface area is 126 Å². The number of amides is 1.